The molecule has 1 aliphatic carbocycles. The van der Waals surface area contributed by atoms with E-state index in [9.17, 15) is 9.59 Å². The van der Waals surface area contributed by atoms with Crippen molar-refractivity contribution in [2.24, 2.45) is 0 Å². The summed E-state index contributed by atoms with van der Waals surface area (Å²) in [6.45, 7) is 25.2. The van der Waals surface area contributed by atoms with Crippen LogP contribution in [0, 0.1) is 55.4 Å². The second kappa shape index (κ2) is 26.8. The predicted octanol–water partition coefficient (Wildman–Crippen LogP) is 10.9. The molecule has 340 valence electrons. The maximum atomic E-state index is 11.1. The van der Waals surface area contributed by atoms with E-state index in [0.717, 1.165) is 74.5 Å². The lowest BCUT2D eigenvalue weighted by Crippen LogP contribution is -2.02. The van der Waals surface area contributed by atoms with Crippen molar-refractivity contribution in [3.05, 3.63) is 194 Å². The molecule has 0 amide bonds. The molecule has 0 radical (unpaired) electrons. The molecule has 0 bridgehead atoms. The number of nitrogens with zero attached hydrogens (tertiary/aromatic N) is 8. The molecule has 1 aliphatic rings. The second-order valence-electron chi connectivity index (χ2n) is 15.2. The molecule has 0 atom stereocenters. The largest absolute Gasteiger partial charge is 0.361 e. The Labute approximate surface area is 382 Å². The Morgan fingerprint density at radius 2 is 1.37 bits per heavy atom. The van der Waals surface area contributed by atoms with Gasteiger partial charge in [0.2, 0.25) is 5.56 Å². The van der Waals surface area contributed by atoms with Crippen LogP contribution in [0.5, 0.6) is 0 Å². The van der Waals surface area contributed by atoms with Gasteiger partial charge < -0.3 is 14.5 Å². The van der Waals surface area contributed by atoms with Crippen LogP contribution in [-0.2, 0) is 4.79 Å². The van der Waals surface area contributed by atoms with Crippen molar-refractivity contribution >= 4 is 22.8 Å². The molecule has 8 aromatic rings. The number of Topliss-reactive ketones (excluding diaryl/α,β-unsaturated/α-hetero) is 1. The van der Waals surface area contributed by atoms with E-state index in [4.69, 9.17) is 4.52 Å². The van der Waals surface area contributed by atoms with Gasteiger partial charge in [0.05, 0.1) is 57.9 Å². The molecule has 0 aliphatic heterocycles. The minimum absolute atomic E-state index is 0.0370. The van der Waals surface area contributed by atoms with E-state index < -0.39 is 0 Å². The predicted molar refractivity (Wildman–Crippen MR) is 261 cm³/mol. The van der Waals surface area contributed by atoms with E-state index >= 15 is 0 Å². The number of hydrogen-bond donors (Lipinski definition) is 3. The van der Waals surface area contributed by atoms with Gasteiger partial charge in [0.25, 0.3) is 0 Å². The molecular weight excluding hydrogens is 815 g/mol. The number of H-pyrrole nitrogens is 3. The molecule has 14 nitrogen and oxygen atoms in total. The summed E-state index contributed by atoms with van der Waals surface area (Å²) in [6.07, 6.45) is 8.36. The summed E-state index contributed by atoms with van der Waals surface area (Å²) in [7, 11) is 0. The van der Waals surface area contributed by atoms with Crippen LogP contribution in [0.1, 0.15) is 92.4 Å². The first kappa shape index (κ1) is 51.7. The van der Waals surface area contributed by atoms with E-state index in [0.29, 0.717) is 0 Å². The molecular formula is C51H63N11O3. The smallest absolute Gasteiger partial charge is 0.248 e. The fourth-order valence-corrected chi connectivity index (χ4v) is 5.94. The van der Waals surface area contributed by atoms with Gasteiger partial charge in [-0.3, -0.25) is 14.6 Å². The number of aromatic amines is 3. The first-order valence-electron chi connectivity index (χ1n) is 21.2. The average Bonchev–Trinajstić information content (AvgIpc) is 4.12. The number of aromatic nitrogens is 11. The quantitative estimate of drug-likeness (QED) is 0.154. The normalized spacial score (nSPS) is 11.3. The van der Waals surface area contributed by atoms with Gasteiger partial charge in [-0.05, 0) is 138 Å². The number of imidazole rings is 1. The summed E-state index contributed by atoms with van der Waals surface area (Å²) in [5, 5.41) is 23.5. The molecule has 0 spiro atoms. The first-order chi connectivity index (χ1) is 31.0. The van der Waals surface area contributed by atoms with Crippen LogP contribution in [-0.4, -0.2) is 61.3 Å². The Balaban J connectivity index is 0.000000204. The van der Waals surface area contributed by atoms with Crippen LogP contribution >= 0.6 is 0 Å². The number of nitrogens with one attached hydrogen (secondary N) is 3. The van der Waals surface area contributed by atoms with Crippen molar-refractivity contribution in [1.82, 2.24) is 55.5 Å². The molecule has 6 heterocycles. The lowest BCUT2D eigenvalue weighted by molar-refractivity contribution is -0.113. The molecule has 3 N–H and O–H groups in total. The number of para-hydroxylation sites is 2. The van der Waals surface area contributed by atoms with Crippen molar-refractivity contribution in [2.75, 3.05) is 0 Å². The summed E-state index contributed by atoms with van der Waals surface area (Å²) in [6, 6.07) is 29.1. The van der Waals surface area contributed by atoms with Crippen molar-refractivity contribution < 1.29 is 9.32 Å². The number of carbonyl (C=O) groups excluding carboxylic acids is 1. The van der Waals surface area contributed by atoms with E-state index in [1.165, 1.54) is 28.2 Å². The lowest BCUT2D eigenvalue weighted by atomic mass is 10.0. The number of carbonyl (C=O) groups is 1. The molecule has 9 rings (SSSR count). The van der Waals surface area contributed by atoms with Crippen LogP contribution in [0.15, 0.2) is 141 Å². The van der Waals surface area contributed by atoms with Gasteiger partial charge in [-0.15, -0.1) is 0 Å². The highest BCUT2D eigenvalue weighted by Gasteiger charge is 2.18. The van der Waals surface area contributed by atoms with Crippen LogP contribution in [0.2, 0.25) is 0 Å². The van der Waals surface area contributed by atoms with Gasteiger partial charge in [-0.1, -0.05) is 70.9 Å². The Bertz CT molecular complexity index is 2770. The van der Waals surface area contributed by atoms with Gasteiger partial charge in [-0.25, -0.2) is 4.98 Å². The lowest BCUT2D eigenvalue weighted by Gasteiger charge is -1.99. The van der Waals surface area contributed by atoms with Crippen LogP contribution in [0.3, 0.4) is 0 Å². The first-order valence-corrected chi connectivity index (χ1v) is 21.2. The maximum Gasteiger partial charge on any atom is 0.248 e. The molecule has 14 heteroatoms. The molecule has 0 unspecified atom stereocenters. The van der Waals surface area contributed by atoms with Crippen LogP contribution in [0.25, 0.3) is 22.7 Å². The summed E-state index contributed by atoms with van der Waals surface area (Å²) >= 11 is 0. The van der Waals surface area contributed by atoms with E-state index in [1.807, 2.05) is 155 Å². The number of fused-ring (bicyclic) bond motifs is 1. The highest BCUT2D eigenvalue weighted by Crippen LogP contribution is 2.31. The number of benzene rings is 2. The van der Waals surface area contributed by atoms with Crippen molar-refractivity contribution in [2.45, 2.75) is 96.4 Å². The minimum Gasteiger partial charge on any atom is -0.361 e. The van der Waals surface area contributed by atoms with Crippen molar-refractivity contribution in [1.29, 1.82) is 0 Å². The Morgan fingerprint density at radius 1 is 0.723 bits per heavy atom. The molecule has 0 fully saturated rings. The third-order valence-electron chi connectivity index (χ3n) is 9.55. The number of pyridine rings is 2. The maximum absolute atomic E-state index is 11.1. The Hall–Kier alpha value is -7.61. The summed E-state index contributed by atoms with van der Waals surface area (Å²) in [5.74, 6) is 1.08. The van der Waals surface area contributed by atoms with E-state index in [-0.39, 0.29) is 11.3 Å². The summed E-state index contributed by atoms with van der Waals surface area (Å²) in [5.41, 5.74) is 14.6. The van der Waals surface area contributed by atoms with Gasteiger partial charge in [0.15, 0.2) is 5.78 Å². The third kappa shape index (κ3) is 18.3. The monoisotopic (exact) mass is 878 g/mol. The average molecular weight is 878 g/mol. The number of ketones is 1. The van der Waals surface area contributed by atoms with Gasteiger partial charge in [-0.2, -0.15) is 30.4 Å². The fourth-order valence-electron chi connectivity index (χ4n) is 5.94. The molecule has 2 aromatic carbocycles. The number of hydrogen-bond acceptors (Lipinski definition) is 10. The van der Waals surface area contributed by atoms with E-state index in [2.05, 4.69) is 69.8 Å². The zero-order valence-electron chi connectivity index (χ0n) is 40.0. The standard InChI is InChI=1S/C10H11N3.C10H9N.C10H14O.C6H8N2.C6H7NO.C5H7NO.C4H7N3/c1-8-9(2)12-13(11-8)10-6-4-3-5-7-10;1-8-6-7-9-4-2-3-5-10(9)11-8;1-6-5-7(2)10(8(6)3)9(4)11;1-2-3-6-4-7-5-8-6;1-5-3-2-4-6(8)7-5;1-4-3-5(2)7-6-4;1-3-4(2)6-7-5-3/h3-7H,1-2H3;2-7H,1H3;5H2,1-4H3;2-5H,1H3,(H,7,8);2-4H,1H3,(H,7,8);3H,1-2H3;1-2H3,(H,5,6,7)/b;;;3-2+;;;. The van der Waals surface area contributed by atoms with Crippen LogP contribution in [0.4, 0.5) is 0 Å². The summed E-state index contributed by atoms with van der Waals surface area (Å²) in [4.78, 5) is 37.0. The Kier molecular flexibility index (Phi) is 21.3. The van der Waals surface area contributed by atoms with Gasteiger partial charge in [0.1, 0.15) is 5.76 Å². The second-order valence-corrected chi connectivity index (χ2v) is 15.2. The van der Waals surface area contributed by atoms with Crippen molar-refractivity contribution in [3.8, 4) is 5.69 Å². The highest BCUT2D eigenvalue weighted by atomic mass is 16.5. The van der Waals surface area contributed by atoms with Gasteiger partial charge >= 0.3 is 0 Å². The third-order valence-corrected chi connectivity index (χ3v) is 9.55. The number of allylic oxidation sites excluding steroid dienone is 5. The zero-order valence-corrected chi connectivity index (χ0v) is 40.0. The topological polar surface area (TPSA) is 190 Å². The highest BCUT2D eigenvalue weighted by molar-refractivity contribution is 5.99. The number of rotatable bonds is 3. The zero-order chi connectivity index (χ0) is 47.9. The fraction of sp³-hybridized carbons (Fsp3) is 0.275. The minimum atomic E-state index is -0.0370. The molecule has 0 saturated heterocycles. The summed E-state index contributed by atoms with van der Waals surface area (Å²) < 4.78 is 4.71. The van der Waals surface area contributed by atoms with Crippen molar-refractivity contribution in [3.63, 3.8) is 0 Å². The molecule has 65 heavy (non-hydrogen) atoms. The number of aryl methyl sites for hydroxylation is 8. The van der Waals surface area contributed by atoms with Gasteiger partial charge in [0, 0.05) is 34.5 Å². The van der Waals surface area contributed by atoms with E-state index in [1.54, 1.807) is 30.3 Å². The SMILES string of the molecule is C/C=C/c1cnc[nH]1.CC(=O)C1=C(C)CC(C)=C1C.Cc1cc(C)on1.Cc1ccc2ccccc2n1.Cc1cccc(=O)[nH]1.Cc1n[nH]nc1C.Cc1nn(-c2ccccc2)nc1C. The van der Waals surface area contributed by atoms with Crippen LogP contribution < -0.4 is 5.56 Å². The Morgan fingerprint density at radius 3 is 1.80 bits per heavy atom. The molecule has 6 aromatic heterocycles. The molecule has 0 saturated carbocycles.